The molecule has 1 heterocycles. The van der Waals surface area contributed by atoms with Crippen LogP contribution in [0.15, 0.2) is 12.7 Å². The zero-order chi connectivity index (χ0) is 12.5. The number of nitrogens with one attached hydrogen (secondary N) is 1. The van der Waals surface area contributed by atoms with Crippen LogP contribution in [0.25, 0.3) is 0 Å². The number of unbranched alkanes of at least 4 members (excludes halogenated alkanes) is 1. The van der Waals surface area contributed by atoms with E-state index < -0.39 is 12.2 Å². The Hall–Kier alpha value is -1.72. The molecule has 1 fully saturated rings. The number of alkyl carbamates (subject to hydrolysis) is 1. The van der Waals surface area contributed by atoms with Gasteiger partial charge in [0.15, 0.2) is 0 Å². The van der Waals surface area contributed by atoms with Crippen LogP contribution in [0.2, 0.25) is 0 Å². The minimum atomic E-state index is -0.602. The summed E-state index contributed by atoms with van der Waals surface area (Å²) in [4.78, 5) is 21.6. The fraction of sp³-hybridized carbons (Fsp3) is 0.636. The van der Waals surface area contributed by atoms with Crippen molar-refractivity contribution < 1.29 is 23.8 Å². The number of hydrogen-bond donors (Lipinski definition) is 1. The third-order valence-electron chi connectivity index (χ3n) is 2.19. The molecule has 6 nitrogen and oxygen atoms in total. The summed E-state index contributed by atoms with van der Waals surface area (Å²) in [5.74, 6) is 0. The SMILES string of the molecule is C=CCNC(=O)OCCCCC1COC(=O)O1. The Bertz CT molecular complexity index is 279. The quantitative estimate of drug-likeness (QED) is 0.417. The molecular weight excluding hydrogens is 226 g/mol. The number of amides is 1. The number of carbonyl (C=O) groups is 2. The molecule has 1 rings (SSSR count). The van der Waals surface area contributed by atoms with Gasteiger partial charge in [0.05, 0.1) is 6.61 Å². The molecule has 0 bridgehead atoms. The van der Waals surface area contributed by atoms with Crippen LogP contribution in [0.3, 0.4) is 0 Å². The second-order valence-electron chi connectivity index (χ2n) is 3.60. The highest BCUT2D eigenvalue weighted by molar-refractivity contribution is 5.67. The molecule has 1 unspecified atom stereocenters. The molecule has 96 valence electrons. The van der Waals surface area contributed by atoms with Crippen molar-refractivity contribution in [1.82, 2.24) is 5.32 Å². The van der Waals surface area contributed by atoms with Crippen molar-refractivity contribution >= 4 is 12.2 Å². The van der Waals surface area contributed by atoms with Crippen LogP contribution in [-0.2, 0) is 14.2 Å². The van der Waals surface area contributed by atoms with E-state index in [1.807, 2.05) is 0 Å². The molecule has 1 atom stereocenters. The number of carbonyl (C=O) groups excluding carboxylic acids is 2. The van der Waals surface area contributed by atoms with Gasteiger partial charge in [-0.1, -0.05) is 6.08 Å². The first-order valence-corrected chi connectivity index (χ1v) is 5.57. The summed E-state index contributed by atoms with van der Waals surface area (Å²) in [5, 5.41) is 2.50. The third-order valence-corrected chi connectivity index (χ3v) is 2.19. The summed E-state index contributed by atoms with van der Waals surface area (Å²) in [6, 6.07) is 0. The van der Waals surface area contributed by atoms with Crippen LogP contribution in [-0.4, -0.2) is 38.1 Å². The van der Waals surface area contributed by atoms with Crippen molar-refractivity contribution in [2.45, 2.75) is 25.4 Å². The van der Waals surface area contributed by atoms with Gasteiger partial charge in [0.1, 0.15) is 12.7 Å². The Morgan fingerprint density at radius 3 is 3.06 bits per heavy atom. The van der Waals surface area contributed by atoms with Crippen LogP contribution in [0, 0.1) is 0 Å². The molecule has 1 N–H and O–H groups in total. The van der Waals surface area contributed by atoms with Gasteiger partial charge in [-0.2, -0.15) is 0 Å². The van der Waals surface area contributed by atoms with Gasteiger partial charge in [0.2, 0.25) is 0 Å². The highest BCUT2D eigenvalue weighted by Gasteiger charge is 2.23. The second kappa shape index (κ2) is 7.54. The summed E-state index contributed by atoms with van der Waals surface area (Å²) in [6.07, 6.45) is 2.65. The molecule has 0 spiro atoms. The van der Waals surface area contributed by atoms with Crippen LogP contribution in [0.4, 0.5) is 9.59 Å². The third kappa shape index (κ3) is 5.79. The Balaban J connectivity index is 1.92. The van der Waals surface area contributed by atoms with Crippen LogP contribution >= 0.6 is 0 Å². The molecule has 1 aliphatic heterocycles. The van der Waals surface area contributed by atoms with Crippen molar-refractivity contribution in [2.75, 3.05) is 19.8 Å². The van der Waals surface area contributed by atoms with Crippen LogP contribution in [0.1, 0.15) is 19.3 Å². The van der Waals surface area contributed by atoms with E-state index in [2.05, 4.69) is 16.6 Å². The summed E-state index contributed by atoms with van der Waals surface area (Å²) in [5.41, 5.74) is 0. The zero-order valence-corrected chi connectivity index (χ0v) is 9.65. The zero-order valence-electron chi connectivity index (χ0n) is 9.65. The smallest absolute Gasteiger partial charge is 0.450 e. The van der Waals surface area contributed by atoms with Crippen molar-refractivity contribution in [3.8, 4) is 0 Å². The second-order valence-corrected chi connectivity index (χ2v) is 3.60. The van der Waals surface area contributed by atoms with E-state index >= 15 is 0 Å². The molecule has 1 amide bonds. The number of ether oxygens (including phenoxy) is 3. The molecule has 0 aromatic carbocycles. The van der Waals surface area contributed by atoms with Gasteiger partial charge >= 0.3 is 12.2 Å². The average molecular weight is 243 g/mol. The normalized spacial score (nSPS) is 18.1. The highest BCUT2D eigenvalue weighted by Crippen LogP contribution is 2.12. The van der Waals surface area contributed by atoms with E-state index in [1.54, 1.807) is 6.08 Å². The molecule has 0 aromatic heterocycles. The first-order chi connectivity index (χ1) is 8.22. The van der Waals surface area contributed by atoms with Gasteiger partial charge in [0.25, 0.3) is 0 Å². The molecule has 0 radical (unpaired) electrons. The predicted octanol–water partition coefficient (Wildman–Crippen LogP) is 1.60. The fourth-order valence-corrected chi connectivity index (χ4v) is 1.35. The maximum atomic E-state index is 11.0. The average Bonchev–Trinajstić information content (AvgIpc) is 2.72. The van der Waals surface area contributed by atoms with Crippen molar-refractivity contribution in [2.24, 2.45) is 0 Å². The summed E-state index contributed by atoms with van der Waals surface area (Å²) in [7, 11) is 0. The molecular formula is C11H17NO5. The number of rotatable bonds is 7. The molecule has 0 aromatic rings. The Morgan fingerprint density at radius 1 is 1.59 bits per heavy atom. The minimum absolute atomic E-state index is 0.155. The van der Waals surface area contributed by atoms with Gasteiger partial charge in [-0.15, -0.1) is 6.58 Å². The summed E-state index contributed by atoms with van der Waals surface area (Å²) < 4.78 is 14.4. The Morgan fingerprint density at radius 2 is 2.41 bits per heavy atom. The van der Waals surface area contributed by atoms with E-state index in [-0.39, 0.29) is 6.10 Å². The van der Waals surface area contributed by atoms with Gasteiger partial charge in [-0.25, -0.2) is 9.59 Å². The minimum Gasteiger partial charge on any atom is -0.450 e. The lowest BCUT2D eigenvalue weighted by molar-refractivity contribution is 0.114. The lowest BCUT2D eigenvalue weighted by Gasteiger charge is -2.07. The molecule has 17 heavy (non-hydrogen) atoms. The monoisotopic (exact) mass is 243 g/mol. The van der Waals surface area contributed by atoms with Crippen molar-refractivity contribution in [1.29, 1.82) is 0 Å². The van der Waals surface area contributed by atoms with E-state index in [4.69, 9.17) is 9.47 Å². The summed E-state index contributed by atoms with van der Waals surface area (Å²) in [6.45, 7) is 4.54. The molecule has 0 aliphatic carbocycles. The van der Waals surface area contributed by atoms with Crippen molar-refractivity contribution in [3.63, 3.8) is 0 Å². The molecule has 1 aliphatic rings. The molecule has 1 saturated heterocycles. The van der Waals surface area contributed by atoms with Gasteiger partial charge in [0, 0.05) is 6.54 Å². The lowest BCUT2D eigenvalue weighted by atomic mass is 10.2. The summed E-state index contributed by atoms with van der Waals surface area (Å²) >= 11 is 0. The van der Waals surface area contributed by atoms with Crippen LogP contribution in [0.5, 0.6) is 0 Å². The van der Waals surface area contributed by atoms with Crippen molar-refractivity contribution in [3.05, 3.63) is 12.7 Å². The van der Waals surface area contributed by atoms with Gasteiger partial charge in [-0.05, 0) is 19.3 Å². The Kier molecular flexibility index (Phi) is 5.92. The maximum Gasteiger partial charge on any atom is 0.508 e. The largest absolute Gasteiger partial charge is 0.508 e. The lowest BCUT2D eigenvalue weighted by Crippen LogP contribution is -2.24. The highest BCUT2D eigenvalue weighted by atomic mass is 16.8. The number of hydrogen-bond acceptors (Lipinski definition) is 5. The van der Waals surface area contributed by atoms with E-state index in [9.17, 15) is 9.59 Å². The first kappa shape index (κ1) is 13.3. The molecule has 6 heteroatoms. The maximum absolute atomic E-state index is 11.0. The van der Waals surface area contributed by atoms with E-state index in [0.29, 0.717) is 19.8 Å². The number of cyclic esters (lactones) is 2. The van der Waals surface area contributed by atoms with E-state index in [1.165, 1.54) is 0 Å². The van der Waals surface area contributed by atoms with Gasteiger partial charge < -0.3 is 19.5 Å². The standard InChI is InChI=1S/C11H17NO5/c1-2-6-12-10(13)15-7-4-3-5-9-8-16-11(14)17-9/h2,9H,1,3-8H2,(H,12,13). The fourth-order valence-electron chi connectivity index (χ4n) is 1.35. The topological polar surface area (TPSA) is 73.9 Å². The van der Waals surface area contributed by atoms with Crippen LogP contribution < -0.4 is 5.32 Å². The first-order valence-electron chi connectivity index (χ1n) is 5.57. The Labute approximate surface area is 99.9 Å². The predicted molar refractivity (Wildman–Crippen MR) is 59.6 cm³/mol. The van der Waals surface area contributed by atoms with Gasteiger partial charge in [-0.3, -0.25) is 0 Å². The molecule has 0 saturated carbocycles. The van der Waals surface area contributed by atoms with E-state index in [0.717, 1.165) is 19.3 Å².